The first-order valence-electron chi connectivity index (χ1n) is 6.30. The maximum Gasteiger partial charge on any atom is 0.223 e. The molecule has 1 aliphatic rings. The van der Waals surface area contributed by atoms with Crippen LogP contribution in [0.1, 0.15) is 43.3 Å². The normalized spacial score (nSPS) is 16.9. The lowest BCUT2D eigenvalue weighted by Crippen LogP contribution is -2.18. The monoisotopic (exact) mass is 235 g/mol. The summed E-state index contributed by atoms with van der Waals surface area (Å²) in [5.74, 6) is 2.60. The lowest BCUT2D eigenvalue weighted by atomic mass is 10.1. The van der Waals surface area contributed by atoms with Crippen molar-refractivity contribution in [2.45, 2.75) is 38.0 Å². The molecule has 0 aliphatic heterocycles. The van der Waals surface area contributed by atoms with E-state index in [2.05, 4.69) is 19.9 Å². The van der Waals surface area contributed by atoms with E-state index in [9.17, 15) is 0 Å². The van der Waals surface area contributed by atoms with Crippen LogP contribution in [0.4, 0.5) is 5.95 Å². The molecule has 0 unspecified atom stereocenters. The molecule has 5 nitrogen and oxygen atoms in total. The van der Waals surface area contributed by atoms with Crippen LogP contribution < -0.4 is 5.73 Å². The number of hydrogen-bond acceptors (Lipinski definition) is 5. The van der Waals surface area contributed by atoms with Crippen molar-refractivity contribution in [3.05, 3.63) is 11.6 Å². The van der Waals surface area contributed by atoms with Gasteiger partial charge in [-0.15, -0.1) is 0 Å². The van der Waals surface area contributed by atoms with Crippen LogP contribution in [-0.4, -0.2) is 40.5 Å². The van der Waals surface area contributed by atoms with Crippen molar-refractivity contribution in [1.29, 1.82) is 0 Å². The van der Waals surface area contributed by atoms with Crippen molar-refractivity contribution < 1.29 is 0 Å². The maximum absolute atomic E-state index is 5.76. The fraction of sp³-hybridized carbons (Fsp3) is 0.750. The Morgan fingerprint density at radius 2 is 1.88 bits per heavy atom. The highest BCUT2D eigenvalue weighted by atomic mass is 15.1. The van der Waals surface area contributed by atoms with Gasteiger partial charge in [0.15, 0.2) is 0 Å². The summed E-state index contributed by atoms with van der Waals surface area (Å²) in [4.78, 5) is 15.2. The Bertz CT molecular complexity index is 371. The van der Waals surface area contributed by atoms with Crippen molar-refractivity contribution in [1.82, 2.24) is 19.9 Å². The van der Waals surface area contributed by atoms with Crippen molar-refractivity contribution in [2.24, 2.45) is 0 Å². The van der Waals surface area contributed by atoms with Crippen LogP contribution >= 0.6 is 0 Å². The van der Waals surface area contributed by atoms with Crippen molar-refractivity contribution in [2.75, 3.05) is 26.4 Å². The van der Waals surface area contributed by atoms with Gasteiger partial charge in [0, 0.05) is 18.9 Å². The number of likely N-dealkylation sites (N-methyl/N-ethyl adjacent to an activating group) is 1. The highest BCUT2D eigenvalue weighted by Gasteiger charge is 2.20. The second-order valence-corrected chi connectivity index (χ2v) is 5.00. The van der Waals surface area contributed by atoms with Crippen molar-refractivity contribution in [3.63, 3.8) is 0 Å². The van der Waals surface area contributed by atoms with Gasteiger partial charge in [-0.3, -0.25) is 0 Å². The Morgan fingerprint density at radius 3 is 2.53 bits per heavy atom. The number of nitrogen functional groups attached to an aromatic ring is 1. The summed E-state index contributed by atoms with van der Waals surface area (Å²) in [5, 5.41) is 0. The van der Waals surface area contributed by atoms with Crippen LogP contribution in [0.3, 0.4) is 0 Å². The van der Waals surface area contributed by atoms with E-state index in [1.165, 1.54) is 25.7 Å². The topological polar surface area (TPSA) is 67.9 Å². The second-order valence-electron chi connectivity index (χ2n) is 5.00. The van der Waals surface area contributed by atoms with Gasteiger partial charge in [0.2, 0.25) is 5.95 Å². The molecule has 0 saturated heterocycles. The summed E-state index contributed by atoms with van der Waals surface area (Å²) < 4.78 is 0. The zero-order valence-electron chi connectivity index (χ0n) is 10.7. The number of anilines is 1. The van der Waals surface area contributed by atoms with Crippen LogP contribution in [0.5, 0.6) is 0 Å². The Labute approximate surface area is 102 Å². The molecule has 1 saturated carbocycles. The molecule has 0 aromatic carbocycles. The van der Waals surface area contributed by atoms with Crippen LogP contribution in [0, 0.1) is 0 Å². The van der Waals surface area contributed by atoms with E-state index in [-0.39, 0.29) is 0 Å². The van der Waals surface area contributed by atoms with Gasteiger partial charge in [0.1, 0.15) is 11.6 Å². The Balaban J connectivity index is 2.11. The lowest BCUT2D eigenvalue weighted by Gasteiger charge is -2.11. The molecule has 17 heavy (non-hydrogen) atoms. The minimum absolute atomic E-state index is 0.371. The highest BCUT2D eigenvalue weighted by molar-refractivity contribution is 5.18. The van der Waals surface area contributed by atoms with E-state index >= 15 is 0 Å². The first-order valence-corrected chi connectivity index (χ1v) is 6.30. The third-order valence-electron chi connectivity index (χ3n) is 3.22. The quantitative estimate of drug-likeness (QED) is 0.849. The molecule has 2 rings (SSSR count). The largest absolute Gasteiger partial charge is 0.368 e. The number of aromatic nitrogens is 3. The van der Waals surface area contributed by atoms with E-state index in [0.717, 1.165) is 24.6 Å². The minimum Gasteiger partial charge on any atom is -0.368 e. The highest BCUT2D eigenvalue weighted by Crippen LogP contribution is 2.32. The molecule has 1 heterocycles. The third kappa shape index (κ3) is 3.36. The molecule has 5 heteroatoms. The molecule has 0 bridgehead atoms. The maximum atomic E-state index is 5.76. The van der Waals surface area contributed by atoms with Crippen LogP contribution in [0.2, 0.25) is 0 Å². The number of nitrogens with two attached hydrogens (primary N) is 1. The molecular weight excluding hydrogens is 214 g/mol. The summed E-state index contributed by atoms with van der Waals surface area (Å²) >= 11 is 0. The molecule has 0 amide bonds. The van der Waals surface area contributed by atoms with Crippen molar-refractivity contribution in [3.8, 4) is 0 Å². The van der Waals surface area contributed by atoms with Crippen LogP contribution in [-0.2, 0) is 6.42 Å². The first-order chi connectivity index (χ1) is 8.15. The fourth-order valence-corrected chi connectivity index (χ4v) is 2.26. The molecule has 2 N–H and O–H groups in total. The Kier molecular flexibility index (Phi) is 3.89. The summed E-state index contributed by atoms with van der Waals surface area (Å²) in [6.45, 7) is 0.938. The SMILES string of the molecule is CN(C)CCc1nc(N)nc(C2CCCC2)n1. The van der Waals surface area contributed by atoms with E-state index in [1.54, 1.807) is 0 Å². The summed E-state index contributed by atoms with van der Waals surface area (Å²) in [6, 6.07) is 0. The minimum atomic E-state index is 0.371. The van der Waals surface area contributed by atoms with Gasteiger partial charge in [-0.2, -0.15) is 9.97 Å². The summed E-state index contributed by atoms with van der Waals surface area (Å²) in [7, 11) is 4.09. The second kappa shape index (κ2) is 5.40. The summed E-state index contributed by atoms with van der Waals surface area (Å²) in [5.41, 5.74) is 5.76. The predicted molar refractivity (Wildman–Crippen MR) is 67.7 cm³/mol. The molecule has 94 valence electrons. The van der Waals surface area contributed by atoms with Crippen LogP contribution in [0.15, 0.2) is 0 Å². The van der Waals surface area contributed by atoms with Crippen LogP contribution in [0.25, 0.3) is 0 Å². The van der Waals surface area contributed by atoms with E-state index in [4.69, 9.17) is 5.73 Å². The van der Waals surface area contributed by atoms with E-state index in [1.807, 2.05) is 14.1 Å². The van der Waals surface area contributed by atoms with Gasteiger partial charge in [0.25, 0.3) is 0 Å². The molecule has 1 aromatic heterocycles. The standard InChI is InChI=1S/C12H21N5/c1-17(2)8-7-10-14-11(16-12(13)15-10)9-5-3-4-6-9/h9H,3-8H2,1-2H3,(H2,13,14,15,16). The zero-order chi connectivity index (χ0) is 12.3. The molecular formula is C12H21N5. The molecule has 0 radical (unpaired) electrons. The molecule has 1 fully saturated rings. The van der Waals surface area contributed by atoms with E-state index < -0.39 is 0 Å². The van der Waals surface area contributed by atoms with E-state index in [0.29, 0.717) is 11.9 Å². The van der Waals surface area contributed by atoms with Gasteiger partial charge >= 0.3 is 0 Å². The number of nitrogens with zero attached hydrogens (tertiary/aromatic N) is 4. The molecule has 1 aliphatic carbocycles. The van der Waals surface area contributed by atoms with Crippen molar-refractivity contribution >= 4 is 5.95 Å². The number of rotatable bonds is 4. The molecule has 0 spiro atoms. The van der Waals surface area contributed by atoms with Gasteiger partial charge in [0.05, 0.1) is 0 Å². The van der Waals surface area contributed by atoms with Gasteiger partial charge in [-0.1, -0.05) is 12.8 Å². The third-order valence-corrected chi connectivity index (χ3v) is 3.22. The van der Waals surface area contributed by atoms with Gasteiger partial charge in [-0.05, 0) is 26.9 Å². The zero-order valence-corrected chi connectivity index (χ0v) is 10.7. The Hall–Kier alpha value is -1.23. The number of hydrogen-bond donors (Lipinski definition) is 1. The molecule has 0 atom stereocenters. The van der Waals surface area contributed by atoms with Gasteiger partial charge in [-0.25, -0.2) is 4.98 Å². The lowest BCUT2D eigenvalue weighted by molar-refractivity contribution is 0.408. The van der Waals surface area contributed by atoms with Gasteiger partial charge < -0.3 is 10.6 Å². The Morgan fingerprint density at radius 1 is 1.18 bits per heavy atom. The summed E-state index contributed by atoms with van der Waals surface area (Å²) in [6.07, 6.45) is 5.78. The fourth-order valence-electron chi connectivity index (χ4n) is 2.26. The predicted octanol–water partition coefficient (Wildman–Crippen LogP) is 1.22. The molecule has 1 aromatic rings. The first kappa shape index (κ1) is 12.2. The smallest absolute Gasteiger partial charge is 0.223 e. The average Bonchev–Trinajstić information content (AvgIpc) is 2.79. The average molecular weight is 235 g/mol.